The molecule has 0 amide bonds. The van der Waals surface area contributed by atoms with Crippen molar-refractivity contribution >= 4 is 5.97 Å². The summed E-state index contributed by atoms with van der Waals surface area (Å²) >= 11 is 0. The van der Waals surface area contributed by atoms with Gasteiger partial charge in [-0.1, -0.05) is 5.21 Å². The van der Waals surface area contributed by atoms with E-state index >= 15 is 0 Å². The minimum absolute atomic E-state index is 0.0544. The number of hydrogen-bond acceptors (Lipinski definition) is 5. The zero-order valence-corrected chi connectivity index (χ0v) is 10.3. The first-order valence-corrected chi connectivity index (χ1v) is 5.63. The number of hydrogen-bond donors (Lipinski definition) is 0. The van der Waals surface area contributed by atoms with Gasteiger partial charge in [-0.15, -0.1) is 5.10 Å². The minimum Gasteiger partial charge on any atom is -0.467 e. The topological polar surface area (TPSA) is 70.2 Å². The first kappa shape index (κ1) is 14.1. The fraction of sp³-hybridized carbons (Fsp3) is 0.364. The number of carbonyl (C=O) groups excluding carboxylic acids is 1. The van der Waals surface area contributed by atoms with E-state index in [0.29, 0.717) is 4.68 Å². The Hall–Kier alpha value is -2.32. The molecule has 2 rings (SSSR count). The van der Waals surface area contributed by atoms with Gasteiger partial charge in [-0.2, -0.15) is 13.2 Å². The van der Waals surface area contributed by atoms with E-state index in [0.717, 1.165) is 0 Å². The lowest BCUT2D eigenvalue weighted by atomic mass is 10.3. The Bertz CT molecular complexity index is 590. The van der Waals surface area contributed by atoms with Crippen LogP contribution in [0.25, 0.3) is 0 Å². The number of rotatable bonds is 4. The van der Waals surface area contributed by atoms with Crippen LogP contribution in [0.2, 0.25) is 0 Å². The van der Waals surface area contributed by atoms with E-state index < -0.39 is 23.5 Å². The van der Waals surface area contributed by atoms with Crippen LogP contribution in [0.5, 0.6) is 0 Å². The molecule has 6 nitrogen and oxygen atoms in total. The van der Waals surface area contributed by atoms with Crippen molar-refractivity contribution in [3.05, 3.63) is 35.5 Å². The maximum atomic E-state index is 13.0. The Labute approximate surface area is 111 Å². The molecule has 0 radical (unpaired) electrons. The normalized spacial score (nSPS) is 11.6. The van der Waals surface area contributed by atoms with E-state index in [1.807, 2.05) is 0 Å². The summed E-state index contributed by atoms with van der Waals surface area (Å²) in [7, 11) is 0. The quantitative estimate of drug-likeness (QED) is 0.806. The predicted octanol–water partition coefficient (Wildman–Crippen LogP) is 2.11. The van der Waals surface area contributed by atoms with Crippen LogP contribution in [0.3, 0.4) is 0 Å². The van der Waals surface area contributed by atoms with Crippen molar-refractivity contribution < 1.29 is 27.1 Å². The lowest BCUT2D eigenvalue weighted by Crippen LogP contribution is -2.19. The lowest BCUT2D eigenvalue weighted by Gasteiger charge is -2.09. The fourth-order valence-electron chi connectivity index (χ4n) is 1.59. The van der Waals surface area contributed by atoms with Gasteiger partial charge in [-0.25, -0.2) is 9.48 Å². The van der Waals surface area contributed by atoms with Crippen LogP contribution in [0, 0.1) is 0 Å². The number of nitrogens with zero attached hydrogens (tertiary/aromatic N) is 3. The second kappa shape index (κ2) is 5.35. The molecule has 0 atom stereocenters. The number of alkyl halides is 3. The van der Waals surface area contributed by atoms with Crippen molar-refractivity contribution in [3.63, 3.8) is 0 Å². The highest BCUT2D eigenvalue weighted by molar-refractivity contribution is 5.88. The van der Waals surface area contributed by atoms with Gasteiger partial charge in [0.2, 0.25) is 5.69 Å². The summed E-state index contributed by atoms with van der Waals surface area (Å²) in [6.45, 7) is 1.15. The Balaban J connectivity index is 2.40. The molecular weight excluding hydrogens is 279 g/mol. The molecule has 0 fully saturated rings. The van der Waals surface area contributed by atoms with Crippen molar-refractivity contribution in [2.75, 3.05) is 6.61 Å². The zero-order chi connectivity index (χ0) is 14.8. The average Bonchev–Trinajstić information content (AvgIpc) is 2.98. The standard InChI is InChI=1S/C11H10F3N3O3/c1-2-19-10(18)8-9(11(12,13)14)17(16-15-8)6-7-4-3-5-20-7/h3-5H,2,6H2,1H3. The highest BCUT2D eigenvalue weighted by Gasteiger charge is 2.42. The highest BCUT2D eigenvalue weighted by atomic mass is 19.4. The summed E-state index contributed by atoms with van der Waals surface area (Å²) in [6.07, 6.45) is -3.45. The van der Waals surface area contributed by atoms with Gasteiger partial charge in [0.1, 0.15) is 12.3 Å². The van der Waals surface area contributed by atoms with Crippen molar-refractivity contribution in [1.82, 2.24) is 15.0 Å². The van der Waals surface area contributed by atoms with Gasteiger partial charge in [-0.05, 0) is 19.1 Å². The van der Waals surface area contributed by atoms with E-state index in [1.165, 1.54) is 25.3 Å². The second-order valence-corrected chi connectivity index (χ2v) is 3.74. The van der Waals surface area contributed by atoms with E-state index in [-0.39, 0.29) is 18.9 Å². The number of ether oxygens (including phenoxy) is 1. The van der Waals surface area contributed by atoms with Gasteiger partial charge in [0.15, 0.2) is 5.69 Å². The Morgan fingerprint density at radius 2 is 2.25 bits per heavy atom. The predicted molar refractivity (Wildman–Crippen MR) is 58.8 cm³/mol. The molecule has 0 aliphatic heterocycles. The van der Waals surface area contributed by atoms with Gasteiger partial charge in [-0.3, -0.25) is 0 Å². The van der Waals surface area contributed by atoms with Gasteiger partial charge >= 0.3 is 12.1 Å². The van der Waals surface area contributed by atoms with Crippen LogP contribution >= 0.6 is 0 Å². The molecule has 20 heavy (non-hydrogen) atoms. The van der Waals surface area contributed by atoms with E-state index in [1.54, 1.807) is 0 Å². The summed E-state index contributed by atoms with van der Waals surface area (Å²) in [5.74, 6) is -0.902. The van der Waals surface area contributed by atoms with E-state index in [9.17, 15) is 18.0 Å². The third-order valence-corrected chi connectivity index (χ3v) is 2.36. The van der Waals surface area contributed by atoms with Crippen LogP contribution in [0.1, 0.15) is 28.9 Å². The van der Waals surface area contributed by atoms with E-state index in [2.05, 4.69) is 15.0 Å². The summed E-state index contributed by atoms with van der Waals surface area (Å²) in [4.78, 5) is 11.5. The number of furan rings is 1. The molecule has 0 saturated carbocycles. The molecule has 0 aliphatic carbocycles. The Kier molecular flexibility index (Phi) is 3.77. The summed E-state index contributed by atoms with van der Waals surface area (Å²) in [5, 5.41) is 6.61. The van der Waals surface area contributed by atoms with Crippen molar-refractivity contribution in [2.45, 2.75) is 19.6 Å². The maximum Gasteiger partial charge on any atom is 0.435 e. The van der Waals surface area contributed by atoms with Crippen LogP contribution in [-0.4, -0.2) is 27.6 Å². The molecule has 0 bridgehead atoms. The molecule has 2 heterocycles. The second-order valence-electron chi connectivity index (χ2n) is 3.74. The summed E-state index contributed by atoms with van der Waals surface area (Å²) in [5.41, 5.74) is -2.11. The first-order valence-electron chi connectivity index (χ1n) is 5.63. The molecule has 0 aromatic carbocycles. The summed E-state index contributed by atoms with van der Waals surface area (Å²) in [6, 6.07) is 3.03. The third-order valence-electron chi connectivity index (χ3n) is 2.36. The van der Waals surface area contributed by atoms with Crippen LogP contribution in [0.15, 0.2) is 22.8 Å². The van der Waals surface area contributed by atoms with Crippen molar-refractivity contribution in [2.24, 2.45) is 0 Å². The van der Waals surface area contributed by atoms with Crippen molar-refractivity contribution in [3.8, 4) is 0 Å². The molecule has 0 spiro atoms. The molecule has 2 aromatic rings. The molecule has 0 N–H and O–H groups in total. The van der Waals surface area contributed by atoms with Crippen LogP contribution in [0.4, 0.5) is 13.2 Å². The number of halogens is 3. The van der Waals surface area contributed by atoms with Gasteiger partial charge in [0.05, 0.1) is 12.9 Å². The number of aromatic nitrogens is 3. The largest absolute Gasteiger partial charge is 0.467 e. The SMILES string of the molecule is CCOC(=O)c1nnn(Cc2ccco2)c1C(F)(F)F. The molecule has 0 aliphatic rings. The highest BCUT2D eigenvalue weighted by Crippen LogP contribution is 2.31. The van der Waals surface area contributed by atoms with Gasteiger partial charge in [0, 0.05) is 0 Å². The van der Waals surface area contributed by atoms with Crippen molar-refractivity contribution in [1.29, 1.82) is 0 Å². The van der Waals surface area contributed by atoms with Gasteiger partial charge in [0.25, 0.3) is 0 Å². The molecule has 0 saturated heterocycles. The Morgan fingerprint density at radius 3 is 2.80 bits per heavy atom. The number of carbonyl (C=O) groups is 1. The first-order chi connectivity index (χ1) is 9.43. The van der Waals surface area contributed by atoms with Crippen LogP contribution < -0.4 is 0 Å². The third kappa shape index (κ3) is 2.81. The zero-order valence-electron chi connectivity index (χ0n) is 10.3. The number of esters is 1. The minimum atomic E-state index is -4.78. The molecule has 9 heteroatoms. The Morgan fingerprint density at radius 1 is 1.50 bits per heavy atom. The average molecular weight is 289 g/mol. The summed E-state index contributed by atoms with van der Waals surface area (Å²) < 4.78 is 49.1. The monoisotopic (exact) mass is 289 g/mol. The van der Waals surface area contributed by atoms with Gasteiger partial charge < -0.3 is 9.15 Å². The fourth-order valence-corrected chi connectivity index (χ4v) is 1.59. The smallest absolute Gasteiger partial charge is 0.435 e. The van der Waals surface area contributed by atoms with Crippen LogP contribution in [-0.2, 0) is 17.5 Å². The molecule has 0 unspecified atom stereocenters. The molecule has 2 aromatic heterocycles. The lowest BCUT2D eigenvalue weighted by molar-refractivity contribution is -0.144. The maximum absolute atomic E-state index is 13.0. The molecule has 108 valence electrons. The molecular formula is C11H10F3N3O3. The van der Waals surface area contributed by atoms with E-state index in [4.69, 9.17) is 4.42 Å².